The topological polar surface area (TPSA) is 91.3 Å². The Morgan fingerprint density at radius 1 is 1.09 bits per heavy atom. The van der Waals surface area contributed by atoms with Gasteiger partial charge in [-0.3, -0.25) is 0 Å². The number of nitrogens with two attached hydrogens (primary N) is 1. The van der Waals surface area contributed by atoms with Gasteiger partial charge >= 0.3 is 0 Å². The molecular weight excluding hydrogens is 487 g/mol. The third-order valence-electron chi connectivity index (χ3n) is 6.03. The molecule has 2 aromatic heterocycles. The van der Waals surface area contributed by atoms with Crippen molar-refractivity contribution in [1.82, 2.24) is 19.5 Å². The summed E-state index contributed by atoms with van der Waals surface area (Å²) in [5.74, 6) is 1.47. The molecule has 0 fully saturated rings. The Kier molecular flexibility index (Phi) is 6.27. The van der Waals surface area contributed by atoms with E-state index in [1.165, 1.54) is 0 Å². The number of methoxy groups -OCH3 is 1. The smallest absolute Gasteiger partial charge is 0.222 e. The van der Waals surface area contributed by atoms with Gasteiger partial charge in [0.15, 0.2) is 0 Å². The molecule has 2 N–H and O–H groups in total. The van der Waals surface area contributed by atoms with Gasteiger partial charge in [-0.2, -0.15) is 4.98 Å². The molecule has 8 nitrogen and oxygen atoms in total. The van der Waals surface area contributed by atoms with Gasteiger partial charge in [0, 0.05) is 25.3 Å². The molecule has 2 aromatic carbocycles. The van der Waals surface area contributed by atoms with Gasteiger partial charge < -0.3 is 24.7 Å². The zero-order chi connectivity index (χ0) is 24.7. The van der Waals surface area contributed by atoms with Crippen molar-refractivity contribution >= 4 is 35.0 Å². The lowest BCUT2D eigenvalue weighted by molar-refractivity contribution is 0.0587. The molecule has 4 aromatic rings. The number of ether oxygens (including phenoxy) is 2. The van der Waals surface area contributed by atoms with Gasteiger partial charge in [0.2, 0.25) is 5.95 Å². The first-order chi connectivity index (χ1) is 16.9. The van der Waals surface area contributed by atoms with E-state index in [-0.39, 0.29) is 11.9 Å². The van der Waals surface area contributed by atoms with Gasteiger partial charge in [0.25, 0.3) is 0 Å². The largest absolute Gasteiger partial charge is 0.495 e. The molecule has 0 spiro atoms. The van der Waals surface area contributed by atoms with Crippen molar-refractivity contribution in [2.45, 2.75) is 12.0 Å². The maximum absolute atomic E-state index is 6.49. The van der Waals surface area contributed by atoms with Crippen molar-refractivity contribution in [2.24, 2.45) is 0 Å². The van der Waals surface area contributed by atoms with Crippen LogP contribution >= 0.6 is 23.2 Å². The molecule has 180 valence electrons. The lowest BCUT2D eigenvalue weighted by atomic mass is 9.86. The van der Waals surface area contributed by atoms with Crippen LogP contribution in [0.4, 0.5) is 11.8 Å². The summed E-state index contributed by atoms with van der Waals surface area (Å²) in [6.45, 7) is 0.420. The van der Waals surface area contributed by atoms with Crippen LogP contribution < -0.4 is 15.4 Å². The highest BCUT2D eigenvalue weighted by atomic mass is 35.5. The normalized spacial score (nSPS) is 17.2. The molecule has 35 heavy (non-hydrogen) atoms. The molecule has 2 atom stereocenters. The van der Waals surface area contributed by atoms with Crippen LogP contribution in [0.2, 0.25) is 10.2 Å². The van der Waals surface area contributed by atoms with E-state index < -0.39 is 6.10 Å². The molecular formula is C25H24Cl2N6O2. The Labute approximate surface area is 213 Å². The van der Waals surface area contributed by atoms with Crippen molar-refractivity contribution in [1.29, 1.82) is 0 Å². The van der Waals surface area contributed by atoms with E-state index in [9.17, 15) is 0 Å². The van der Waals surface area contributed by atoms with Crippen molar-refractivity contribution in [3.8, 4) is 11.4 Å². The Morgan fingerprint density at radius 2 is 1.83 bits per heavy atom. The third-order valence-corrected chi connectivity index (χ3v) is 6.47. The lowest BCUT2D eigenvalue weighted by Crippen LogP contribution is -2.28. The summed E-state index contributed by atoms with van der Waals surface area (Å²) in [5.41, 5.74) is 10.6. The molecule has 0 aliphatic carbocycles. The predicted octanol–water partition coefficient (Wildman–Crippen LogP) is 4.88. The van der Waals surface area contributed by atoms with Crippen molar-refractivity contribution in [3.05, 3.63) is 87.5 Å². The first-order valence-corrected chi connectivity index (χ1v) is 11.7. The number of anilines is 2. The number of nitrogens with zero attached hydrogens (tertiary/aromatic N) is 5. The van der Waals surface area contributed by atoms with E-state index in [0.717, 1.165) is 28.1 Å². The molecule has 10 heteroatoms. The van der Waals surface area contributed by atoms with Crippen LogP contribution in [0.3, 0.4) is 0 Å². The van der Waals surface area contributed by atoms with E-state index in [1.54, 1.807) is 19.6 Å². The quantitative estimate of drug-likeness (QED) is 0.409. The molecule has 5 rings (SSSR count). The average Bonchev–Trinajstić information content (AvgIpc) is 3.29. The number of benzene rings is 2. The lowest BCUT2D eigenvalue weighted by Gasteiger charge is -2.34. The van der Waals surface area contributed by atoms with Crippen LogP contribution in [0.25, 0.3) is 5.69 Å². The second kappa shape index (κ2) is 9.37. The van der Waals surface area contributed by atoms with Gasteiger partial charge in [-0.05, 0) is 35.4 Å². The fraction of sp³-hybridized carbons (Fsp3) is 0.240. The van der Waals surface area contributed by atoms with E-state index in [1.807, 2.05) is 66.0 Å². The molecule has 0 saturated carbocycles. The summed E-state index contributed by atoms with van der Waals surface area (Å²) in [4.78, 5) is 15.3. The summed E-state index contributed by atoms with van der Waals surface area (Å²) >= 11 is 12.1. The van der Waals surface area contributed by atoms with Crippen LogP contribution in [0.5, 0.6) is 5.75 Å². The number of hydrogen-bond donors (Lipinski definition) is 1. The maximum Gasteiger partial charge on any atom is 0.222 e. The van der Waals surface area contributed by atoms with Gasteiger partial charge in [-0.1, -0.05) is 41.4 Å². The maximum atomic E-state index is 6.49. The molecule has 0 saturated heterocycles. The summed E-state index contributed by atoms with van der Waals surface area (Å²) in [6, 6.07) is 13.6. The Morgan fingerprint density at radius 3 is 2.49 bits per heavy atom. The number of rotatable bonds is 5. The fourth-order valence-corrected chi connectivity index (χ4v) is 4.69. The highest BCUT2D eigenvalue weighted by Crippen LogP contribution is 2.44. The van der Waals surface area contributed by atoms with E-state index in [0.29, 0.717) is 28.3 Å². The first-order valence-electron chi connectivity index (χ1n) is 10.9. The van der Waals surface area contributed by atoms with Crippen LogP contribution in [0.15, 0.2) is 55.0 Å². The average molecular weight is 511 g/mol. The van der Waals surface area contributed by atoms with E-state index in [4.69, 9.17) is 43.4 Å². The van der Waals surface area contributed by atoms with E-state index in [2.05, 4.69) is 9.97 Å². The molecule has 1 aliphatic heterocycles. The second-order valence-electron chi connectivity index (χ2n) is 8.45. The van der Waals surface area contributed by atoms with Gasteiger partial charge in [0.1, 0.15) is 29.2 Å². The third kappa shape index (κ3) is 4.40. The van der Waals surface area contributed by atoms with Crippen molar-refractivity contribution in [2.75, 3.05) is 38.4 Å². The Balaban J connectivity index is 1.64. The van der Waals surface area contributed by atoms with Crippen molar-refractivity contribution in [3.63, 3.8) is 0 Å². The Hall–Kier alpha value is -3.33. The molecule has 1 aliphatic rings. The fourth-order valence-electron chi connectivity index (χ4n) is 4.42. The number of nitrogen functional groups attached to an aromatic ring is 1. The molecule has 3 heterocycles. The van der Waals surface area contributed by atoms with Gasteiger partial charge in [-0.15, -0.1) is 0 Å². The molecule has 0 radical (unpaired) electrons. The molecule has 2 unspecified atom stereocenters. The predicted molar refractivity (Wildman–Crippen MR) is 137 cm³/mol. The van der Waals surface area contributed by atoms with Crippen molar-refractivity contribution < 1.29 is 9.47 Å². The minimum Gasteiger partial charge on any atom is -0.495 e. The van der Waals surface area contributed by atoms with E-state index >= 15 is 0 Å². The second-order valence-corrected chi connectivity index (χ2v) is 9.27. The van der Waals surface area contributed by atoms with Crippen LogP contribution in [0.1, 0.15) is 34.4 Å². The SMILES string of the molecule is COc1cc(C2OCC(c3ccc(Cl)cc3)c3nc(N)nc(N(C)C)c32)ccc1-n1cnc(Cl)c1. The van der Waals surface area contributed by atoms with Gasteiger partial charge in [0.05, 0.1) is 36.6 Å². The molecule has 0 amide bonds. The highest BCUT2D eigenvalue weighted by molar-refractivity contribution is 6.30. The minimum absolute atomic E-state index is 0.114. The Bertz CT molecular complexity index is 1370. The summed E-state index contributed by atoms with van der Waals surface area (Å²) < 4.78 is 14.0. The monoisotopic (exact) mass is 510 g/mol. The number of imidazole rings is 1. The highest BCUT2D eigenvalue weighted by Gasteiger charge is 2.35. The van der Waals surface area contributed by atoms with Crippen LogP contribution in [-0.2, 0) is 4.74 Å². The van der Waals surface area contributed by atoms with Crippen LogP contribution in [0, 0.1) is 0 Å². The summed E-state index contributed by atoms with van der Waals surface area (Å²) in [6.07, 6.45) is 2.95. The number of halogens is 2. The van der Waals surface area contributed by atoms with Gasteiger partial charge in [-0.25, -0.2) is 9.97 Å². The van der Waals surface area contributed by atoms with Crippen LogP contribution in [-0.4, -0.2) is 47.3 Å². The number of hydrogen-bond acceptors (Lipinski definition) is 7. The zero-order valence-electron chi connectivity index (χ0n) is 19.4. The summed E-state index contributed by atoms with van der Waals surface area (Å²) in [7, 11) is 5.48. The summed E-state index contributed by atoms with van der Waals surface area (Å²) in [5, 5.41) is 1.07. The standard InChI is InChI=1S/C25H24Cl2N6O2/c1-32(2)24-21-22(30-25(28)31-24)17(14-4-7-16(26)8-5-14)12-35-23(21)15-6-9-18(19(10-15)34-3)33-11-20(27)29-13-33/h4-11,13,17,23H,12H2,1-3H3,(H2,28,30,31). The number of aromatic nitrogens is 4. The molecule has 0 bridgehead atoms. The zero-order valence-corrected chi connectivity index (χ0v) is 21.0. The first kappa shape index (κ1) is 23.4. The minimum atomic E-state index is -0.416. The number of fused-ring (bicyclic) bond motifs is 1.